The Balaban J connectivity index is 1.55. The highest BCUT2D eigenvalue weighted by Crippen LogP contribution is 2.20. The maximum absolute atomic E-state index is 12.8. The number of hydrogen-bond acceptors (Lipinski definition) is 4. The first-order valence-corrected chi connectivity index (χ1v) is 7.25. The molecule has 1 fully saturated rings. The third-order valence-corrected chi connectivity index (χ3v) is 3.61. The second-order valence-corrected chi connectivity index (χ2v) is 5.13. The molecule has 0 unspecified atom stereocenters. The first-order valence-electron chi connectivity index (χ1n) is 7.25. The summed E-state index contributed by atoms with van der Waals surface area (Å²) in [5.74, 6) is 1.30. The number of anilines is 1. The van der Waals surface area contributed by atoms with E-state index in [4.69, 9.17) is 4.74 Å². The molecule has 3 rings (SSSR count). The van der Waals surface area contributed by atoms with Crippen LogP contribution in [0.3, 0.4) is 0 Å². The van der Waals surface area contributed by atoms with Gasteiger partial charge < -0.3 is 9.64 Å². The van der Waals surface area contributed by atoms with Crippen LogP contribution in [-0.4, -0.2) is 29.7 Å². The van der Waals surface area contributed by atoms with Gasteiger partial charge in [0.25, 0.3) is 0 Å². The lowest BCUT2D eigenvalue weighted by Crippen LogP contribution is -2.19. The monoisotopic (exact) mass is 287 g/mol. The molecule has 0 bridgehead atoms. The smallest absolute Gasteiger partial charge is 0.218 e. The van der Waals surface area contributed by atoms with Crippen molar-refractivity contribution in [1.29, 1.82) is 0 Å². The highest BCUT2D eigenvalue weighted by atomic mass is 19.1. The number of aromatic nitrogens is 2. The third-order valence-electron chi connectivity index (χ3n) is 3.61. The van der Waals surface area contributed by atoms with E-state index >= 15 is 0 Å². The Morgan fingerprint density at radius 1 is 1.10 bits per heavy atom. The Bertz CT molecular complexity index is 582. The SMILES string of the molecule is Fc1ccc(CCOc2cc(N3CCCC3)ncn2)cc1. The molecule has 2 aromatic rings. The van der Waals surface area contributed by atoms with Crippen LogP contribution in [0, 0.1) is 5.82 Å². The van der Waals surface area contributed by atoms with Gasteiger partial charge in [0.15, 0.2) is 0 Å². The van der Waals surface area contributed by atoms with Crippen molar-refractivity contribution in [1.82, 2.24) is 9.97 Å². The first-order chi connectivity index (χ1) is 10.3. The molecule has 0 atom stereocenters. The lowest BCUT2D eigenvalue weighted by atomic mass is 10.2. The van der Waals surface area contributed by atoms with Crippen LogP contribution in [0.25, 0.3) is 0 Å². The predicted octanol–water partition coefficient (Wildman–Crippen LogP) is 2.84. The molecule has 0 saturated carbocycles. The summed E-state index contributed by atoms with van der Waals surface area (Å²) in [7, 11) is 0. The maximum atomic E-state index is 12.8. The summed E-state index contributed by atoms with van der Waals surface area (Å²) in [6.45, 7) is 2.61. The number of hydrogen-bond donors (Lipinski definition) is 0. The Hall–Kier alpha value is -2.17. The molecule has 0 amide bonds. The normalized spacial score (nSPS) is 14.4. The molecule has 1 saturated heterocycles. The van der Waals surface area contributed by atoms with Crippen LogP contribution < -0.4 is 9.64 Å². The van der Waals surface area contributed by atoms with Crippen molar-refractivity contribution in [2.45, 2.75) is 19.3 Å². The van der Waals surface area contributed by atoms with E-state index in [1.807, 2.05) is 6.07 Å². The first kappa shape index (κ1) is 13.8. The fourth-order valence-corrected chi connectivity index (χ4v) is 2.45. The fraction of sp³-hybridized carbons (Fsp3) is 0.375. The molecular formula is C16H18FN3O. The predicted molar refractivity (Wildman–Crippen MR) is 79.1 cm³/mol. The number of halogens is 1. The number of benzene rings is 1. The van der Waals surface area contributed by atoms with Gasteiger partial charge in [-0.1, -0.05) is 12.1 Å². The van der Waals surface area contributed by atoms with Crippen LogP contribution in [-0.2, 0) is 6.42 Å². The van der Waals surface area contributed by atoms with Gasteiger partial charge in [0.05, 0.1) is 6.61 Å². The van der Waals surface area contributed by atoms with E-state index in [1.165, 1.54) is 25.0 Å². The zero-order valence-electron chi connectivity index (χ0n) is 11.8. The average Bonchev–Trinajstić information content (AvgIpc) is 3.04. The zero-order chi connectivity index (χ0) is 14.5. The molecule has 110 valence electrons. The summed E-state index contributed by atoms with van der Waals surface area (Å²) >= 11 is 0. The summed E-state index contributed by atoms with van der Waals surface area (Å²) in [5, 5.41) is 0. The zero-order valence-corrected chi connectivity index (χ0v) is 11.8. The topological polar surface area (TPSA) is 38.2 Å². The van der Waals surface area contributed by atoms with Crippen molar-refractivity contribution < 1.29 is 9.13 Å². The molecular weight excluding hydrogens is 269 g/mol. The van der Waals surface area contributed by atoms with Gasteiger partial charge in [-0.3, -0.25) is 0 Å². The van der Waals surface area contributed by atoms with Gasteiger partial charge in [-0.2, -0.15) is 0 Å². The highest BCUT2D eigenvalue weighted by Gasteiger charge is 2.14. The number of ether oxygens (including phenoxy) is 1. The lowest BCUT2D eigenvalue weighted by Gasteiger charge is -2.16. The summed E-state index contributed by atoms with van der Waals surface area (Å²) in [6, 6.07) is 8.36. The van der Waals surface area contributed by atoms with E-state index in [0.717, 1.165) is 30.9 Å². The van der Waals surface area contributed by atoms with Crippen LogP contribution in [0.1, 0.15) is 18.4 Å². The van der Waals surface area contributed by atoms with Gasteiger partial charge in [0, 0.05) is 25.6 Å². The average molecular weight is 287 g/mol. The molecule has 1 aromatic carbocycles. The largest absolute Gasteiger partial charge is 0.477 e. The van der Waals surface area contributed by atoms with Crippen molar-refractivity contribution in [3.8, 4) is 5.88 Å². The molecule has 4 nitrogen and oxygen atoms in total. The van der Waals surface area contributed by atoms with Crippen LogP contribution in [0.15, 0.2) is 36.7 Å². The molecule has 21 heavy (non-hydrogen) atoms. The minimum atomic E-state index is -0.217. The van der Waals surface area contributed by atoms with Crippen molar-refractivity contribution in [3.05, 3.63) is 48.0 Å². The van der Waals surface area contributed by atoms with Crippen LogP contribution in [0.5, 0.6) is 5.88 Å². The Morgan fingerprint density at radius 2 is 1.86 bits per heavy atom. The van der Waals surface area contributed by atoms with Gasteiger partial charge in [0.2, 0.25) is 5.88 Å². The third kappa shape index (κ3) is 3.68. The summed E-state index contributed by atoms with van der Waals surface area (Å²) in [5.41, 5.74) is 1.05. The van der Waals surface area contributed by atoms with Crippen molar-refractivity contribution in [3.63, 3.8) is 0 Å². The molecule has 0 radical (unpaired) electrons. The molecule has 2 heterocycles. The van der Waals surface area contributed by atoms with Gasteiger partial charge in [-0.25, -0.2) is 14.4 Å². The molecule has 1 aromatic heterocycles. The minimum absolute atomic E-state index is 0.217. The van der Waals surface area contributed by atoms with E-state index < -0.39 is 0 Å². The van der Waals surface area contributed by atoms with Crippen molar-refractivity contribution in [2.75, 3.05) is 24.6 Å². The van der Waals surface area contributed by atoms with Crippen LogP contribution in [0.4, 0.5) is 10.2 Å². The maximum Gasteiger partial charge on any atom is 0.218 e. The van der Waals surface area contributed by atoms with Gasteiger partial charge in [-0.05, 0) is 30.5 Å². The quantitative estimate of drug-likeness (QED) is 0.847. The standard InChI is InChI=1S/C16H18FN3O/c17-14-5-3-13(4-6-14)7-10-21-16-11-15(18-12-19-16)20-8-1-2-9-20/h3-6,11-12H,1-2,7-10H2. The van der Waals surface area contributed by atoms with Crippen molar-refractivity contribution >= 4 is 5.82 Å². The Labute approximate surface area is 123 Å². The molecule has 0 aliphatic carbocycles. The molecule has 5 heteroatoms. The fourth-order valence-electron chi connectivity index (χ4n) is 2.45. The Kier molecular flexibility index (Phi) is 4.28. The Morgan fingerprint density at radius 3 is 2.62 bits per heavy atom. The molecule has 1 aliphatic rings. The van der Waals surface area contributed by atoms with Gasteiger partial charge in [0.1, 0.15) is 18.0 Å². The molecule has 0 spiro atoms. The van der Waals surface area contributed by atoms with E-state index in [1.54, 1.807) is 18.5 Å². The lowest BCUT2D eigenvalue weighted by molar-refractivity contribution is 0.309. The summed E-state index contributed by atoms with van der Waals surface area (Å²) in [6.07, 6.45) is 4.69. The highest BCUT2D eigenvalue weighted by molar-refractivity contribution is 5.41. The van der Waals surface area contributed by atoms with Crippen LogP contribution >= 0.6 is 0 Å². The number of rotatable bonds is 5. The summed E-state index contributed by atoms with van der Waals surface area (Å²) in [4.78, 5) is 10.7. The second-order valence-electron chi connectivity index (χ2n) is 5.13. The number of nitrogens with zero attached hydrogens (tertiary/aromatic N) is 3. The van der Waals surface area contributed by atoms with E-state index in [9.17, 15) is 4.39 Å². The van der Waals surface area contributed by atoms with Crippen LogP contribution in [0.2, 0.25) is 0 Å². The van der Waals surface area contributed by atoms with E-state index in [2.05, 4.69) is 14.9 Å². The minimum Gasteiger partial charge on any atom is -0.477 e. The second kappa shape index (κ2) is 6.52. The van der Waals surface area contributed by atoms with Crippen molar-refractivity contribution in [2.24, 2.45) is 0 Å². The van der Waals surface area contributed by atoms with Gasteiger partial charge >= 0.3 is 0 Å². The summed E-state index contributed by atoms with van der Waals surface area (Å²) < 4.78 is 18.5. The molecule has 0 N–H and O–H groups in total. The van der Waals surface area contributed by atoms with E-state index in [-0.39, 0.29) is 5.82 Å². The molecule has 1 aliphatic heterocycles. The van der Waals surface area contributed by atoms with E-state index in [0.29, 0.717) is 12.5 Å². The van der Waals surface area contributed by atoms with Gasteiger partial charge in [-0.15, -0.1) is 0 Å².